The van der Waals surface area contributed by atoms with Crippen LogP contribution in [-0.2, 0) is 6.54 Å². The Morgan fingerprint density at radius 1 is 1.24 bits per heavy atom. The zero-order chi connectivity index (χ0) is 12.9. The largest absolute Gasteiger partial charge is 0.287 e. The number of benzene rings is 1. The lowest BCUT2D eigenvalue weighted by Gasteiger charge is -2.33. The van der Waals surface area contributed by atoms with E-state index in [0.717, 1.165) is 13.1 Å². The molecule has 2 nitrogen and oxygen atoms in total. The predicted molar refractivity (Wildman–Crippen MR) is 75.3 cm³/mol. The van der Waals surface area contributed by atoms with Crippen LogP contribution < -0.4 is 0 Å². The molecule has 1 aromatic rings. The highest BCUT2D eigenvalue weighted by Crippen LogP contribution is 2.16. The van der Waals surface area contributed by atoms with Gasteiger partial charge in [0.25, 0.3) is 0 Å². The summed E-state index contributed by atoms with van der Waals surface area (Å²) in [7, 11) is -1.46. The van der Waals surface area contributed by atoms with Crippen molar-refractivity contribution in [2.24, 2.45) is 0 Å². The fraction of sp³-hybridized carbons (Fsp3) is 0.500. The van der Waals surface area contributed by atoms with Crippen molar-refractivity contribution in [1.29, 1.82) is 5.26 Å². The van der Waals surface area contributed by atoms with Crippen LogP contribution in [0, 0.1) is 11.3 Å². The number of nitrogens with zero attached hydrogens (tertiary/aromatic N) is 2. The van der Waals surface area contributed by atoms with Gasteiger partial charge in [0.2, 0.25) is 0 Å². The first-order valence-corrected chi connectivity index (χ1v) is 9.74. The first-order chi connectivity index (χ1) is 7.99. The van der Waals surface area contributed by atoms with E-state index in [4.69, 9.17) is 0 Å². The van der Waals surface area contributed by atoms with Crippen LogP contribution in [0.15, 0.2) is 30.3 Å². The van der Waals surface area contributed by atoms with Gasteiger partial charge in [-0.15, -0.1) is 0 Å². The predicted octanol–water partition coefficient (Wildman–Crippen LogP) is 3.28. The highest BCUT2D eigenvalue weighted by atomic mass is 28.3. The first kappa shape index (κ1) is 13.9. The van der Waals surface area contributed by atoms with Crippen LogP contribution in [0.2, 0.25) is 19.6 Å². The summed E-state index contributed by atoms with van der Waals surface area (Å²) in [5, 5.41) is 9.38. The van der Waals surface area contributed by atoms with E-state index in [1.54, 1.807) is 0 Å². The fourth-order valence-corrected chi connectivity index (χ4v) is 3.78. The number of nitriles is 1. The molecule has 3 heteroatoms. The molecule has 0 heterocycles. The Hall–Kier alpha value is -1.11. The molecule has 0 aromatic heterocycles. The fourth-order valence-electron chi connectivity index (χ4n) is 2.03. The Morgan fingerprint density at radius 2 is 1.82 bits per heavy atom. The molecule has 0 spiro atoms. The maximum absolute atomic E-state index is 9.38. The third-order valence-electron chi connectivity index (χ3n) is 2.94. The smallest absolute Gasteiger partial charge is 0.0874 e. The van der Waals surface area contributed by atoms with Gasteiger partial charge < -0.3 is 0 Å². The third-order valence-corrected chi connectivity index (χ3v) is 5.08. The van der Waals surface area contributed by atoms with Gasteiger partial charge in [0.05, 0.1) is 19.8 Å². The third kappa shape index (κ3) is 3.99. The van der Waals surface area contributed by atoms with Crippen molar-refractivity contribution in [1.82, 2.24) is 4.90 Å². The molecule has 0 saturated heterocycles. The van der Waals surface area contributed by atoms with Crippen LogP contribution in [0.3, 0.4) is 0 Å². The summed E-state index contributed by atoms with van der Waals surface area (Å²) in [6.07, 6.45) is 0. The molecular weight excluding hydrogens is 224 g/mol. The van der Waals surface area contributed by atoms with Gasteiger partial charge in [0.15, 0.2) is 0 Å². The Morgan fingerprint density at radius 3 is 2.24 bits per heavy atom. The summed E-state index contributed by atoms with van der Waals surface area (Å²) in [5.74, 6) is 0. The Bertz CT molecular complexity index is 375. The molecule has 1 atom stereocenters. The molecule has 0 bridgehead atoms. The number of hydrogen-bond acceptors (Lipinski definition) is 2. The van der Waals surface area contributed by atoms with Crippen LogP contribution in [-0.4, -0.2) is 25.2 Å². The zero-order valence-corrected chi connectivity index (χ0v) is 12.3. The van der Waals surface area contributed by atoms with Gasteiger partial charge in [-0.2, -0.15) is 5.26 Å². The van der Waals surface area contributed by atoms with Crippen molar-refractivity contribution in [2.45, 2.75) is 38.8 Å². The second-order valence-corrected chi connectivity index (χ2v) is 10.7. The van der Waals surface area contributed by atoms with Crippen molar-refractivity contribution < 1.29 is 0 Å². The van der Waals surface area contributed by atoms with Crippen LogP contribution in [0.4, 0.5) is 0 Å². The Kier molecular flexibility index (Phi) is 4.92. The zero-order valence-electron chi connectivity index (χ0n) is 11.3. The Balaban J connectivity index is 2.82. The highest BCUT2D eigenvalue weighted by Gasteiger charge is 2.31. The minimum absolute atomic E-state index is 0.0905. The summed E-state index contributed by atoms with van der Waals surface area (Å²) in [6.45, 7) is 10.7. The van der Waals surface area contributed by atoms with Gasteiger partial charge in [-0.3, -0.25) is 4.90 Å². The summed E-state index contributed by atoms with van der Waals surface area (Å²) >= 11 is 0. The van der Waals surface area contributed by atoms with E-state index >= 15 is 0 Å². The molecule has 0 radical (unpaired) electrons. The van der Waals surface area contributed by atoms with Crippen LogP contribution in [0.1, 0.15) is 12.5 Å². The SMILES string of the molecule is CCN(Cc1ccccc1)C(C#N)[Si](C)(C)C. The molecule has 0 saturated carbocycles. The molecule has 92 valence electrons. The quantitative estimate of drug-likeness (QED) is 0.746. The van der Waals surface area contributed by atoms with Crippen molar-refractivity contribution >= 4 is 8.07 Å². The van der Waals surface area contributed by atoms with E-state index in [1.807, 2.05) is 6.07 Å². The average Bonchev–Trinajstić information content (AvgIpc) is 2.28. The number of hydrogen-bond donors (Lipinski definition) is 0. The molecule has 0 aliphatic heterocycles. The molecule has 0 fully saturated rings. The van der Waals surface area contributed by atoms with Gasteiger partial charge in [-0.05, 0) is 12.1 Å². The monoisotopic (exact) mass is 246 g/mol. The molecule has 1 aromatic carbocycles. The van der Waals surface area contributed by atoms with E-state index in [2.05, 4.69) is 61.8 Å². The van der Waals surface area contributed by atoms with E-state index in [1.165, 1.54) is 5.56 Å². The van der Waals surface area contributed by atoms with Crippen molar-refractivity contribution in [3.05, 3.63) is 35.9 Å². The van der Waals surface area contributed by atoms with Crippen molar-refractivity contribution in [3.63, 3.8) is 0 Å². The van der Waals surface area contributed by atoms with E-state index in [9.17, 15) is 5.26 Å². The summed E-state index contributed by atoms with van der Waals surface area (Å²) < 4.78 is 0. The molecule has 0 amide bonds. The molecule has 1 rings (SSSR count). The van der Waals surface area contributed by atoms with E-state index in [0.29, 0.717) is 0 Å². The molecule has 17 heavy (non-hydrogen) atoms. The van der Waals surface area contributed by atoms with Gasteiger partial charge >= 0.3 is 0 Å². The lowest BCUT2D eigenvalue weighted by atomic mass is 10.2. The number of rotatable bonds is 5. The molecular formula is C14H22N2Si. The van der Waals surface area contributed by atoms with E-state index < -0.39 is 8.07 Å². The van der Waals surface area contributed by atoms with E-state index in [-0.39, 0.29) is 5.67 Å². The van der Waals surface area contributed by atoms with Crippen molar-refractivity contribution in [2.75, 3.05) is 6.54 Å². The van der Waals surface area contributed by atoms with Gasteiger partial charge in [0, 0.05) is 6.54 Å². The summed E-state index contributed by atoms with van der Waals surface area (Å²) in [5.41, 5.74) is 1.38. The topological polar surface area (TPSA) is 27.0 Å². The molecule has 1 unspecified atom stereocenters. The van der Waals surface area contributed by atoms with Gasteiger partial charge in [-0.25, -0.2) is 0 Å². The van der Waals surface area contributed by atoms with Gasteiger partial charge in [0.1, 0.15) is 0 Å². The minimum Gasteiger partial charge on any atom is -0.287 e. The molecule has 0 aliphatic rings. The van der Waals surface area contributed by atoms with Crippen LogP contribution >= 0.6 is 0 Å². The normalized spacial score (nSPS) is 13.4. The molecule has 0 aliphatic carbocycles. The lowest BCUT2D eigenvalue weighted by molar-refractivity contribution is 0.282. The van der Waals surface area contributed by atoms with Crippen LogP contribution in [0.25, 0.3) is 0 Å². The maximum atomic E-state index is 9.38. The molecule has 0 N–H and O–H groups in total. The maximum Gasteiger partial charge on any atom is 0.0874 e. The van der Waals surface area contributed by atoms with Crippen molar-refractivity contribution in [3.8, 4) is 6.07 Å². The summed E-state index contributed by atoms with van der Waals surface area (Å²) in [6, 6.07) is 12.9. The Labute approximate surface area is 106 Å². The standard InChI is InChI=1S/C14H22N2Si/c1-5-16(14(11-15)17(2,3)4)12-13-9-7-6-8-10-13/h6-10,14H,5,12H2,1-4H3. The minimum atomic E-state index is -1.46. The van der Waals surface area contributed by atoms with Gasteiger partial charge in [-0.1, -0.05) is 56.9 Å². The highest BCUT2D eigenvalue weighted by molar-refractivity contribution is 6.78. The summed E-state index contributed by atoms with van der Waals surface area (Å²) in [4.78, 5) is 2.29. The first-order valence-electron chi connectivity index (χ1n) is 6.16. The van der Waals surface area contributed by atoms with Crippen LogP contribution in [0.5, 0.6) is 0 Å². The average molecular weight is 246 g/mol. The second-order valence-electron chi connectivity index (χ2n) is 5.45. The second kappa shape index (κ2) is 5.99. The lowest BCUT2D eigenvalue weighted by Crippen LogP contribution is -2.49.